The van der Waals surface area contributed by atoms with Crippen molar-refractivity contribution >= 4 is 11.7 Å². The third-order valence-corrected chi connectivity index (χ3v) is 3.97. The van der Waals surface area contributed by atoms with Crippen LogP contribution in [0, 0.1) is 0 Å². The van der Waals surface area contributed by atoms with E-state index in [0.717, 1.165) is 0 Å². The van der Waals surface area contributed by atoms with Gasteiger partial charge in [0.05, 0.1) is 0 Å². The van der Waals surface area contributed by atoms with E-state index in [1.165, 1.54) is 4.90 Å². The van der Waals surface area contributed by atoms with Crippen LogP contribution < -0.4 is 0 Å². The Morgan fingerprint density at radius 1 is 1.05 bits per heavy atom. The van der Waals surface area contributed by atoms with E-state index >= 15 is 0 Å². The smallest absolute Gasteiger partial charge is 0.257 e. The number of hydrogen-bond donors (Lipinski definition) is 1. The molecule has 0 radical (unpaired) electrons. The SMILES string of the molecule is CC(C)N1C(=O)c2ccccc2C1(O)C(=O)c1ccccc1. The molecular weight excluding hydrogens is 278 g/mol. The number of amides is 1. The Labute approximate surface area is 129 Å². The molecule has 1 unspecified atom stereocenters. The zero-order valence-electron chi connectivity index (χ0n) is 12.5. The molecule has 0 spiro atoms. The number of carbonyl (C=O) groups excluding carboxylic acids is 2. The molecule has 0 fully saturated rings. The second kappa shape index (κ2) is 5.07. The van der Waals surface area contributed by atoms with Gasteiger partial charge in [-0.25, -0.2) is 0 Å². The van der Waals surface area contributed by atoms with Crippen LogP contribution in [0.3, 0.4) is 0 Å². The molecule has 1 aliphatic heterocycles. The molecule has 2 aromatic carbocycles. The number of Topliss-reactive ketones (excluding diaryl/α,β-unsaturated/α-hetero) is 1. The van der Waals surface area contributed by atoms with Gasteiger partial charge in [0.2, 0.25) is 11.5 Å². The number of ketones is 1. The second-order valence-corrected chi connectivity index (χ2v) is 5.68. The second-order valence-electron chi connectivity index (χ2n) is 5.68. The van der Waals surface area contributed by atoms with Gasteiger partial charge >= 0.3 is 0 Å². The zero-order chi connectivity index (χ0) is 15.9. The quantitative estimate of drug-likeness (QED) is 0.885. The average Bonchev–Trinajstić information content (AvgIpc) is 2.77. The summed E-state index contributed by atoms with van der Waals surface area (Å²) in [5.74, 6) is -0.808. The highest BCUT2D eigenvalue weighted by Gasteiger charge is 2.54. The normalized spacial score (nSPS) is 20.4. The van der Waals surface area contributed by atoms with Crippen molar-refractivity contribution in [2.45, 2.75) is 25.6 Å². The van der Waals surface area contributed by atoms with E-state index in [2.05, 4.69) is 0 Å². The minimum atomic E-state index is -1.96. The monoisotopic (exact) mass is 295 g/mol. The van der Waals surface area contributed by atoms with Crippen LogP contribution in [-0.2, 0) is 5.72 Å². The molecule has 112 valence electrons. The van der Waals surface area contributed by atoms with E-state index in [0.29, 0.717) is 16.7 Å². The summed E-state index contributed by atoms with van der Waals surface area (Å²) in [5, 5.41) is 11.2. The molecule has 1 atom stereocenters. The first kappa shape index (κ1) is 14.5. The molecular formula is C18H17NO3. The van der Waals surface area contributed by atoms with Gasteiger partial charge in [0.25, 0.3) is 5.91 Å². The summed E-state index contributed by atoms with van der Waals surface area (Å²) in [6.45, 7) is 3.57. The number of hydrogen-bond acceptors (Lipinski definition) is 3. The van der Waals surface area contributed by atoms with Crippen molar-refractivity contribution in [3.8, 4) is 0 Å². The Morgan fingerprint density at radius 3 is 2.27 bits per heavy atom. The van der Waals surface area contributed by atoms with Crippen LogP contribution in [0.2, 0.25) is 0 Å². The molecule has 0 saturated heterocycles. The van der Waals surface area contributed by atoms with Gasteiger partial charge < -0.3 is 5.11 Å². The van der Waals surface area contributed by atoms with Crippen molar-refractivity contribution in [2.24, 2.45) is 0 Å². The highest BCUT2D eigenvalue weighted by Crippen LogP contribution is 2.40. The van der Waals surface area contributed by atoms with Crippen LogP contribution >= 0.6 is 0 Å². The van der Waals surface area contributed by atoms with Crippen LogP contribution in [0.4, 0.5) is 0 Å². The summed E-state index contributed by atoms with van der Waals surface area (Å²) >= 11 is 0. The van der Waals surface area contributed by atoms with E-state index in [9.17, 15) is 14.7 Å². The number of nitrogens with zero attached hydrogens (tertiary/aromatic N) is 1. The molecule has 3 rings (SSSR count). The predicted octanol–water partition coefficient (Wildman–Crippen LogP) is 2.58. The van der Waals surface area contributed by atoms with Crippen LogP contribution in [0.1, 0.15) is 40.1 Å². The number of rotatable bonds is 3. The number of benzene rings is 2. The molecule has 0 saturated carbocycles. The minimum Gasteiger partial charge on any atom is -0.360 e. The Kier molecular flexibility index (Phi) is 3.34. The van der Waals surface area contributed by atoms with Gasteiger partial charge in [0, 0.05) is 22.7 Å². The maximum atomic E-state index is 12.9. The van der Waals surface area contributed by atoms with E-state index in [1.807, 2.05) is 0 Å². The minimum absolute atomic E-state index is 0.308. The summed E-state index contributed by atoms with van der Waals surface area (Å²) in [6, 6.07) is 15.0. The van der Waals surface area contributed by atoms with Crippen molar-refractivity contribution < 1.29 is 14.7 Å². The summed E-state index contributed by atoms with van der Waals surface area (Å²) in [5.41, 5.74) is -0.853. The van der Waals surface area contributed by atoms with Gasteiger partial charge in [0.1, 0.15) is 0 Å². The van der Waals surface area contributed by atoms with Crippen LogP contribution in [0.5, 0.6) is 0 Å². The van der Waals surface area contributed by atoms with Crippen LogP contribution in [0.15, 0.2) is 54.6 Å². The summed E-state index contributed by atoms with van der Waals surface area (Å²) in [4.78, 5) is 26.8. The summed E-state index contributed by atoms with van der Waals surface area (Å²) < 4.78 is 0. The van der Waals surface area contributed by atoms with Gasteiger partial charge in [-0.2, -0.15) is 0 Å². The van der Waals surface area contributed by atoms with E-state index in [1.54, 1.807) is 68.4 Å². The molecule has 0 aromatic heterocycles. The lowest BCUT2D eigenvalue weighted by Gasteiger charge is -2.35. The lowest BCUT2D eigenvalue weighted by molar-refractivity contribution is -0.0676. The molecule has 1 N–H and O–H groups in total. The van der Waals surface area contributed by atoms with Gasteiger partial charge in [-0.05, 0) is 19.9 Å². The van der Waals surface area contributed by atoms with E-state index in [4.69, 9.17) is 0 Å². The van der Waals surface area contributed by atoms with Gasteiger partial charge in [0.15, 0.2) is 0 Å². The fraction of sp³-hybridized carbons (Fsp3) is 0.222. The van der Waals surface area contributed by atoms with Gasteiger partial charge in [-0.3, -0.25) is 14.5 Å². The van der Waals surface area contributed by atoms with E-state index < -0.39 is 11.5 Å². The van der Waals surface area contributed by atoms with Crippen molar-refractivity contribution in [1.29, 1.82) is 0 Å². The number of carbonyl (C=O) groups is 2. The maximum absolute atomic E-state index is 12.9. The predicted molar refractivity (Wildman–Crippen MR) is 82.4 cm³/mol. The molecule has 4 heteroatoms. The molecule has 22 heavy (non-hydrogen) atoms. The number of fused-ring (bicyclic) bond motifs is 1. The largest absolute Gasteiger partial charge is 0.360 e. The average molecular weight is 295 g/mol. The van der Waals surface area contributed by atoms with Crippen LogP contribution in [-0.4, -0.2) is 27.7 Å². The molecule has 0 bridgehead atoms. The Balaban J connectivity index is 2.21. The molecule has 2 aromatic rings. The molecule has 0 aliphatic carbocycles. The summed E-state index contributed by atoms with van der Waals surface area (Å²) in [6.07, 6.45) is 0. The fourth-order valence-corrected chi connectivity index (χ4v) is 3.01. The lowest BCUT2D eigenvalue weighted by Crippen LogP contribution is -2.52. The Morgan fingerprint density at radius 2 is 1.64 bits per heavy atom. The number of aliphatic hydroxyl groups is 1. The van der Waals surface area contributed by atoms with E-state index in [-0.39, 0.29) is 11.9 Å². The molecule has 1 heterocycles. The Bertz CT molecular complexity index is 739. The molecule has 1 amide bonds. The first-order valence-electron chi connectivity index (χ1n) is 7.23. The highest BCUT2D eigenvalue weighted by atomic mass is 16.3. The van der Waals surface area contributed by atoms with Gasteiger partial charge in [-0.15, -0.1) is 0 Å². The molecule has 4 nitrogen and oxygen atoms in total. The van der Waals surface area contributed by atoms with Crippen molar-refractivity contribution in [2.75, 3.05) is 0 Å². The third-order valence-electron chi connectivity index (χ3n) is 3.97. The first-order chi connectivity index (χ1) is 10.5. The van der Waals surface area contributed by atoms with Crippen molar-refractivity contribution in [3.05, 3.63) is 71.3 Å². The van der Waals surface area contributed by atoms with Crippen molar-refractivity contribution in [3.63, 3.8) is 0 Å². The standard InChI is InChI=1S/C18H17NO3/c1-12(2)19-17(21)14-10-6-7-11-15(14)18(19,22)16(20)13-8-4-3-5-9-13/h3-12,22H,1-2H3. The lowest BCUT2D eigenvalue weighted by atomic mass is 9.92. The summed E-state index contributed by atoms with van der Waals surface area (Å²) in [7, 11) is 0. The molecule has 1 aliphatic rings. The zero-order valence-corrected chi connectivity index (χ0v) is 12.5. The third kappa shape index (κ3) is 1.88. The maximum Gasteiger partial charge on any atom is 0.257 e. The fourth-order valence-electron chi connectivity index (χ4n) is 3.01. The van der Waals surface area contributed by atoms with Crippen LogP contribution in [0.25, 0.3) is 0 Å². The Hall–Kier alpha value is -2.46. The highest BCUT2D eigenvalue weighted by molar-refractivity contribution is 6.11. The topological polar surface area (TPSA) is 57.6 Å². The van der Waals surface area contributed by atoms with Gasteiger partial charge in [-0.1, -0.05) is 48.5 Å². The first-order valence-corrected chi connectivity index (χ1v) is 7.23. The van der Waals surface area contributed by atoms with Crippen molar-refractivity contribution in [1.82, 2.24) is 4.90 Å².